The van der Waals surface area contributed by atoms with Crippen LogP contribution in [0.3, 0.4) is 0 Å². The minimum Gasteiger partial charge on any atom is -0.381 e. The lowest BCUT2D eigenvalue weighted by Crippen LogP contribution is -2.18. The molecule has 0 aromatic heterocycles. The van der Waals surface area contributed by atoms with E-state index >= 15 is 0 Å². The Hall–Kier alpha value is -2.25. The quantitative estimate of drug-likeness (QED) is 0.887. The molecule has 0 aliphatic carbocycles. The first-order chi connectivity index (χ1) is 11.9. The van der Waals surface area contributed by atoms with E-state index in [0.717, 1.165) is 6.42 Å². The molecule has 0 radical (unpaired) electrons. The van der Waals surface area contributed by atoms with Gasteiger partial charge in [-0.1, -0.05) is 6.07 Å². The van der Waals surface area contributed by atoms with Crippen LogP contribution < -0.4 is 5.32 Å². The maximum Gasteiger partial charge on any atom is 0.255 e. The number of sulfone groups is 1. The number of halogens is 1. The van der Waals surface area contributed by atoms with Gasteiger partial charge in [-0.2, -0.15) is 0 Å². The van der Waals surface area contributed by atoms with Crippen LogP contribution in [-0.2, 0) is 14.6 Å². The molecule has 7 heteroatoms. The van der Waals surface area contributed by atoms with Crippen LogP contribution >= 0.6 is 0 Å². The van der Waals surface area contributed by atoms with Gasteiger partial charge in [-0.15, -0.1) is 0 Å². The Morgan fingerprint density at radius 3 is 2.64 bits per heavy atom. The van der Waals surface area contributed by atoms with E-state index in [0.29, 0.717) is 18.9 Å². The number of ether oxygens (including phenoxy) is 1. The second-order valence-electron chi connectivity index (χ2n) is 6.00. The first kappa shape index (κ1) is 17.6. The maximum atomic E-state index is 12.9. The third-order valence-corrected chi connectivity index (χ3v) is 5.92. The third kappa shape index (κ3) is 4.43. The first-order valence-electron chi connectivity index (χ1n) is 7.91. The summed E-state index contributed by atoms with van der Waals surface area (Å²) in [5.41, 5.74) is 0.663. The number of hydrogen-bond donors (Lipinski definition) is 1. The van der Waals surface area contributed by atoms with Crippen LogP contribution in [0.25, 0.3) is 0 Å². The summed E-state index contributed by atoms with van der Waals surface area (Å²) in [7, 11) is -3.49. The van der Waals surface area contributed by atoms with Crippen LogP contribution in [-0.4, -0.2) is 33.3 Å². The average Bonchev–Trinajstić information content (AvgIpc) is 3.09. The van der Waals surface area contributed by atoms with Crippen molar-refractivity contribution in [2.75, 3.05) is 24.3 Å². The van der Waals surface area contributed by atoms with Crippen molar-refractivity contribution in [3.8, 4) is 0 Å². The van der Waals surface area contributed by atoms with Gasteiger partial charge in [-0.05, 0) is 54.8 Å². The fourth-order valence-corrected chi connectivity index (χ4v) is 4.36. The van der Waals surface area contributed by atoms with Crippen molar-refractivity contribution >= 4 is 21.4 Å². The van der Waals surface area contributed by atoms with Crippen LogP contribution in [0.5, 0.6) is 0 Å². The SMILES string of the molecule is O=C(Nc1ccc(F)cc1)c1cccc(S(=O)(=O)C[C@H]2CCOC2)c1. The van der Waals surface area contributed by atoms with Gasteiger partial charge in [0.05, 0.1) is 17.3 Å². The highest BCUT2D eigenvalue weighted by atomic mass is 32.2. The van der Waals surface area contributed by atoms with Crippen molar-refractivity contribution in [1.82, 2.24) is 0 Å². The van der Waals surface area contributed by atoms with Gasteiger partial charge in [0, 0.05) is 17.9 Å². The number of benzene rings is 2. The second kappa shape index (κ2) is 7.33. The predicted octanol–water partition coefficient (Wildman–Crippen LogP) is 2.89. The molecule has 1 fully saturated rings. The lowest BCUT2D eigenvalue weighted by atomic mass is 10.2. The molecule has 2 aromatic carbocycles. The summed E-state index contributed by atoms with van der Waals surface area (Å²) in [6.07, 6.45) is 0.726. The van der Waals surface area contributed by atoms with Gasteiger partial charge in [0.1, 0.15) is 5.82 Å². The maximum absolute atomic E-state index is 12.9. The molecule has 1 aliphatic rings. The fourth-order valence-electron chi connectivity index (χ4n) is 2.69. The number of nitrogens with one attached hydrogen (secondary N) is 1. The second-order valence-corrected chi connectivity index (χ2v) is 8.03. The Morgan fingerprint density at radius 1 is 1.20 bits per heavy atom. The van der Waals surface area contributed by atoms with E-state index in [1.165, 1.54) is 48.5 Å². The van der Waals surface area contributed by atoms with Gasteiger partial charge < -0.3 is 10.1 Å². The molecular weight excluding hydrogens is 345 g/mol. The summed E-state index contributed by atoms with van der Waals surface area (Å²) in [5.74, 6) is -0.854. The number of anilines is 1. The van der Waals surface area contributed by atoms with Crippen molar-refractivity contribution in [1.29, 1.82) is 0 Å². The number of carbonyl (C=O) groups excluding carboxylic acids is 1. The smallest absolute Gasteiger partial charge is 0.255 e. The molecule has 0 spiro atoms. The van der Waals surface area contributed by atoms with E-state index in [1.54, 1.807) is 0 Å². The zero-order valence-electron chi connectivity index (χ0n) is 13.4. The predicted molar refractivity (Wildman–Crippen MR) is 91.8 cm³/mol. The molecule has 0 bridgehead atoms. The molecule has 1 aliphatic heterocycles. The Balaban J connectivity index is 1.76. The molecule has 3 rings (SSSR count). The lowest BCUT2D eigenvalue weighted by molar-refractivity contribution is 0.102. The van der Waals surface area contributed by atoms with Crippen LogP contribution in [0.1, 0.15) is 16.8 Å². The number of rotatable bonds is 5. The van der Waals surface area contributed by atoms with Crippen molar-refractivity contribution in [3.05, 3.63) is 59.9 Å². The van der Waals surface area contributed by atoms with Crippen molar-refractivity contribution in [3.63, 3.8) is 0 Å². The van der Waals surface area contributed by atoms with Crippen LogP contribution in [0, 0.1) is 11.7 Å². The van der Waals surface area contributed by atoms with Gasteiger partial charge in [0.15, 0.2) is 9.84 Å². The minimum atomic E-state index is -3.49. The van der Waals surface area contributed by atoms with Crippen LogP contribution in [0.4, 0.5) is 10.1 Å². The summed E-state index contributed by atoms with van der Waals surface area (Å²) in [6.45, 7) is 1.03. The molecule has 1 saturated heterocycles. The Kier molecular flexibility index (Phi) is 5.15. The summed E-state index contributed by atoms with van der Waals surface area (Å²) < 4.78 is 43.2. The zero-order valence-corrected chi connectivity index (χ0v) is 14.3. The summed E-state index contributed by atoms with van der Waals surface area (Å²) in [5, 5.41) is 2.62. The van der Waals surface area contributed by atoms with Gasteiger partial charge >= 0.3 is 0 Å². The molecule has 0 unspecified atom stereocenters. The lowest BCUT2D eigenvalue weighted by Gasteiger charge is -2.10. The molecule has 2 aromatic rings. The first-order valence-corrected chi connectivity index (χ1v) is 9.57. The Labute approximate surface area is 145 Å². The van der Waals surface area contributed by atoms with E-state index in [1.807, 2.05) is 0 Å². The van der Waals surface area contributed by atoms with Crippen molar-refractivity contribution < 1.29 is 22.3 Å². The molecule has 5 nitrogen and oxygen atoms in total. The van der Waals surface area contributed by atoms with E-state index in [4.69, 9.17) is 4.74 Å². The van der Waals surface area contributed by atoms with Gasteiger partial charge in [0.2, 0.25) is 0 Å². The monoisotopic (exact) mass is 363 g/mol. The van der Waals surface area contributed by atoms with E-state index in [2.05, 4.69) is 5.32 Å². The molecule has 1 amide bonds. The summed E-state index contributed by atoms with van der Waals surface area (Å²) in [4.78, 5) is 12.4. The summed E-state index contributed by atoms with van der Waals surface area (Å²) in [6, 6.07) is 11.3. The molecule has 1 heterocycles. The third-order valence-electron chi connectivity index (χ3n) is 4.04. The van der Waals surface area contributed by atoms with Crippen molar-refractivity contribution in [2.45, 2.75) is 11.3 Å². The van der Waals surface area contributed by atoms with Crippen LogP contribution in [0.15, 0.2) is 53.4 Å². The molecule has 0 saturated carbocycles. The normalized spacial score (nSPS) is 17.4. The highest BCUT2D eigenvalue weighted by molar-refractivity contribution is 7.91. The number of hydrogen-bond acceptors (Lipinski definition) is 4. The van der Waals surface area contributed by atoms with Crippen molar-refractivity contribution in [2.24, 2.45) is 5.92 Å². The topological polar surface area (TPSA) is 72.5 Å². The summed E-state index contributed by atoms with van der Waals surface area (Å²) >= 11 is 0. The molecular formula is C18H18FNO4S. The standard InChI is InChI=1S/C18H18FNO4S/c19-15-4-6-16(7-5-15)20-18(21)14-2-1-3-17(10-14)25(22,23)12-13-8-9-24-11-13/h1-7,10,13H,8-9,11-12H2,(H,20,21)/t13-/m0/s1. The average molecular weight is 363 g/mol. The zero-order chi connectivity index (χ0) is 17.9. The Morgan fingerprint density at radius 2 is 1.96 bits per heavy atom. The van der Waals surface area contributed by atoms with E-state index in [-0.39, 0.29) is 22.1 Å². The number of amides is 1. The van der Waals surface area contributed by atoms with Gasteiger partial charge in [-0.25, -0.2) is 12.8 Å². The van der Waals surface area contributed by atoms with Gasteiger partial charge in [0.25, 0.3) is 5.91 Å². The van der Waals surface area contributed by atoms with E-state index in [9.17, 15) is 17.6 Å². The fraction of sp³-hybridized carbons (Fsp3) is 0.278. The highest BCUT2D eigenvalue weighted by Gasteiger charge is 2.25. The highest BCUT2D eigenvalue weighted by Crippen LogP contribution is 2.21. The van der Waals surface area contributed by atoms with E-state index < -0.39 is 21.6 Å². The van der Waals surface area contributed by atoms with Gasteiger partial charge in [-0.3, -0.25) is 4.79 Å². The largest absolute Gasteiger partial charge is 0.381 e. The molecule has 132 valence electrons. The number of carbonyl (C=O) groups is 1. The molecule has 25 heavy (non-hydrogen) atoms. The molecule has 1 atom stereocenters. The van der Waals surface area contributed by atoms with Crippen LogP contribution in [0.2, 0.25) is 0 Å². The molecule has 1 N–H and O–H groups in total. The Bertz CT molecular complexity index is 859. The minimum absolute atomic E-state index is 0.00995.